The van der Waals surface area contributed by atoms with E-state index in [4.69, 9.17) is 0 Å². The van der Waals surface area contributed by atoms with Crippen LogP contribution < -0.4 is 5.32 Å². The van der Waals surface area contributed by atoms with Crippen molar-refractivity contribution in [3.8, 4) is 0 Å². The summed E-state index contributed by atoms with van der Waals surface area (Å²) in [5.74, 6) is 0. The highest BCUT2D eigenvalue weighted by molar-refractivity contribution is 7.22. The molecule has 0 aliphatic carbocycles. The normalized spacial score (nSPS) is 11.8. The molecule has 8 heteroatoms. The minimum Gasteiger partial charge on any atom is -0.356 e. The van der Waals surface area contributed by atoms with Crippen LogP contribution in [0.25, 0.3) is 10.2 Å². The van der Waals surface area contributed by atoms with E-state index in [-0.39, 0.29) is 0 Å². The Kier molecular flexibility index (Phi) is 3.46. The molecule has 0 spiro atoms. The molecule has 0 amide bonds. The Morgan fingerprint density at radius 1 is 1.19 bits per heavy atom. The van der Waals surface area contributed by atoms with Crippen LogP contribution >= 0.6 is 11.3 Å². The Labute approximate surface area is 121 Å². The summed E-state index contributed by atoms with van der Waals surface area (Å²) < 4.78 is 38.6. The summed E-state index contributed by atoms with van der Waals surface area (Å²) in [6, 6.07) is 5.31. The van der Waals surface area contributed by atoms with Crippen molar-refractivity contribution in [2.24, 2.45) is 0 Å². The molecule has 3 rings (SSSR count). The van der Waals surface area contributed by atoms with E-state index in [0.717, 1.165) is 17.8 Å². The molecule has 0 aliphatic heterocycles. The Morgan fingerprint density at radius 2 is 2.05 bits per heavy atom. The summed E-state index contributed by atoms with van der Waals surface area (Å²) in [7, 11) is 0. The number of aromatic nitrogens is 3. The van der Waals surface area contributed by atoms with Crippen molar-refractivity contribution in [2.45, 2.75) is 12.7 Å². The van der Waals surface area contributed by atoms with Gasteiger partial charge in [-0.05, 0) is 24.3 Å². The highest BCUT2D eigenvalue weighted by Gasteiger charge is 2.30. The minimum absolute atomic E-state index is 0.333. The maximum atomic E-state index is 12.6. The zero-order valence-electron chi connectivity index (χ0n) is 10.6. The van der Waals surface area contributed by atoms with Crippen molar-refractivity contribution in [3.05, 3.63) is 48.0 Å². The molecule has 0 atom stereocenters. The van der Waals surface area contributed by atoms with Gasteiger partial charge in [0.2, 0.25) is 0 Å². The first kappa shape index (κ1) is 13.7. The lowest BCUT2D eigenvalue weighted by Gasteiger charge is -2.04. The van der Waals surface area contributed by atoms with Gasteiger partial charge in [-0.25, -0.2) is 15.0 Å². The zero-order valence-corrected chi connectivity index (χ0v) is 11.4. The minimum atomic E-state index is -4.35. The lowest BCUT2D eigenvalue weighted by Crippen LogP contribution is -2.04. The molecule has 0 unspecified atom stereocenters. The van der Waals surface area contributed by atoms with Crippen LogP contribution in [0.1, 0.15) is 11.3 Å². The van der Waals surface area contributed by atoms with E-state index < -0.39 is 11.7 Å². The molecule has 0 saturated heterocycles. The number of nitrogens with zero attached hydrogens (tertiary/aromatic N) is 3. The predicted molar refractivity (Wildman–Crippen MR) is 74.0 cm³/mol. The maximum absolute atomic E-state index is 12.6. The fourth-order valence-electron chi connectivity index (χ4n) is 1.77. The summed E-state index contributed by atoms with van der Waals surface area (Å²) in [6.07, 6.45) is -1.30. The SMILES string of the molecule is FC(F)(F)c1ccc2sc(NCc3ccncn3)nc2c1. The second-order valence-electron chi connectivity index (χ2n) is 4.25. The zero-order chi connectivity index (χ0) is 14.9. The molecule has 3 aromatic rings. The fourth-order valence-corrected chi connectivity index (χ4v) is 2.61. The first-order valence-corrected chi connectivity index (χ1v) is 6.80. The quantitative estimate of drug-likeness (QED) is 0.801. The topological polar surface area (TPSA) is 50.7 Å². The second-order valence-corrected chi connectivity index (χ2v) is 5.28. The number of rotatable bonds is 3. The lowest BCUT2D eigenvalue weighted by atomic mass is 10.2. The molecule has 0 saturated carbocycles. The third-order valence-corrected chi connectivity index (χ3v) is 3.77. The average Bonchev–Trinajstić information content (AvgIpc) is 2.87. The average molecular weight is 310 g/mol. The van der Waals surface area contributed by atoms with Crippen molar-refractivity contribution < 1.29 is 13.2 Å². The molecule has 1 N–H and O–H groups in total. The molecule has 1 aromatic carbocycles. The lowest BCUT2D eigenvalue weighted by molar-refractivity contribution is -0.137. The van der Waals surface area contributed by atoms with Gasteiger partial charge in [-0.1, -0.05) is 11.3 Å². The summed E-state index contributed by atoms with van der Waals surface area (Å²) >= 11 is 1.30. The third-order valence-electron chi connectivity index (χ3n) is 2.78. The van der Waals surface area contributed by atoms with E-state index in [9.17, 15) is 13.2 Å². The molecule has 0 bridgehead atoms. The first-order valence-electron chi connectivity index (χ1n) is 5.99. The molecule has 0 radical (unpaired) electrons. The van der Waals surface area contributed by atoms with E-state index >= 15 is 0 Å². The van der Waals surface area contributed by atoms with Gasteiger partial charge in [-0.2, -0.15) is 13.2 Å². The van der Waals surface area contributed by atoms with Gasteiger partial charge in [0.15, 0.2) is 5.13 Å². The summed E-state index contributed by atoms with van der Waals surface area (Å²) in [4.78, 5) is 12.0. The van der Waals surface area contributed by atoms with Crippen LogP contribution in [0.15, 0.2) is 36.8 Å². The second kappa shape index (κ2) is 5.28. The van der Waals surface area contributed by atoms with Crippen LogP contribution in [0.2, 0.25) is 0 Å². The Hall–Kier alpha value is -2.22. The van der Waals surface area contributed by atoms with Gasteiger partial charge in [0, 0.05) is 6.20 Å². The summed E-state index contributed by atoms with van der Waals surface area (Å²) in [5, 5.41) is 3.60. The van der Waals surface area contributed by atoms with Crippen LogP contribution in [0.3, 0.4) is 0 Å². The maximum Gasteiger partial charge on any atom is 0.416 e. The summed E-state index contributed by atoms with van der Waals surface area (Å²) in [5.41, 5.74) is 0.419. The molecular formula is C13H9F3N4S. The van der Waals surface area contributed by atoms with Gasteiger partial charge in [0.05, 0.1) is 28.0 Å². The number of hydrogen-bond donors (Lipinski definition) is 1. The van der Waals surface area contributed by atoms with Crippen molar-refractivity contribution in [2.75, 3.05) is 5.32 Å². The number of halogens is 3. The van der Waals surface area contributed by atoms with Gasteiger partial charge >= 0.3 is 6.18 Å². The van der Waals surface area contributed by atoms with Crippen molar-refractivity contribution in [1.82, 2.24) is 15.0 Å². The highest BCUT2D eigenvalue weighted by Crippen LogP contribution is 2.33. The van der Waals surface area contributed by atoms with Crippen LogP contribution in [0.4, 0.5) is 18.3 Å². The van der Waals surface area contributed by atoms with E-state index in [0.29, 0.717) is 21.9 Å². The number of benzene rings is 1. The largest absolute Gasteiger partial charge is 0.416 e. The van der Waals surface area contributed by atoms with Crippen LogP contribution in [-0.4, -0.2) is 15.0 Å². The molecule has 4 nitrogen and oxygen atoms in total. The molecular weight excluding hydrogens is 301 g/mol. The van der Waals surface area contributed by atoms with Gasteiger partial charge in [0.25, 0.3) is 0 Å². The molecule has 2 heterocycles. The first-order chi connectivity index (χ1) is 10.0. The van der Waals surface area contributed by atoms with Gasteiger partial charge in [-0.15, -0.1) is 0 Å². The van der Waals surface area contributed by atoms with Crippen molar-refractivity contribution in [1.29, 1.82) is 0 Å². The molecule has 2 aromatic heterocycles. The van der Waals surface area contributed by atoms with Crippen molar-refractivity contribution in [3.63, 3.8) is 0 Å². The van der Waals surface area contributed by atoms with E-state index in [1.54, 1.807) is 12.3 Å². The van der Waals surface area contributed by atoms with E-state index in [1.807, 2.05) is 0 Å². The van der Waals surface area contributed by atoms with Gasteiger partial charge < -0.3 is 5.32 Å². The molecule has 0 aliphatic rings. The fraction of sp³-hybridized carbons (Fsp3) is 0.154. The Bertz CT molecular complexity index is 755. The highest BCUT2D eigenvalue weighted by atomic mass is 32.1. The third kappa shape index (κ3) is 3.10. The molecule has 0 fully saturated rings. The van der Waals surface area contributed by atoms with Crippen LogP contribution in [-0.2, 0) is 12.7 Å². The van der Waals surface area contributed by atoms with Gasteiger partial charge in [0.1, 0.15) is 6.33 Å². The number of thiazole rings is 1. The van der Waals surface area contributed by atoms with Crippen LogP contribution in [0.5, 0.6) is 0 Å². The van der Waals surface area contributed by atoms with Gasteiger partial charge in [-0.3, -0.25) is 0 Å². The van der Waals surface area contributed by atoms with E-state index in [1.165, 1.54) is 23.7 Å². The summed E-state index contributed by atoms with van der Waals surface area (Å²) in [6.45, 7) is 0.439. The standard InChI is InChI=1S/C13H9F3N4S/c14-13(15,16)8-1-2-11-10(5-8)20-12(21-11)18-6-9-3-4-17-7-19-9/h1-5,7H,6H2,(H,18,20). The monoisotopic (exact) mass is 310 g/mol. The number of nitrogens with one attached hydrogen (secondary N) is 1. The molecule has 108 valence electrons. The number of fused-ring (bicyclic) bond motifs is 1. The van der Waals surface area contributed by atoms with Crippen molar-refractivity contribution >= 4 is 26.7 Å². The molecule has 21 heavy (non-hydrogen) atoms. The predicted octanol–water partition coefficient (Wildman–Crippen LogP) is 3.72. The van der Waals surface area contributed by atoms with E-state index in [2.05, 4.69) is 20.3 Å². The van der Waals surface area contributed by atoms with Crippen LogP contribution in [0, 0.1) is 0 Å². The number of hydrogen-bond acceptors (Lipinski definition) is 5. The number of alkyl halides is 3. The Balaban J connectivity index is 1.81. The Morgan fingerprint density at radius 3 is 2.76 bits per heavy atom. The smallest absolute Gasteiger partial charge is 0.356 e. The number of anilines is 1.